The number of amides is 1. The van der Waals surface area contributed by atoms with Crippen LogP contribution >= 0.6 is 11.3 Å². The lowest BCUT2D eigenvalue weighted by Gasteiger charge is -2.28. The average Bonchev–Trinajstić information content (AvgIpc) is 3.08. The van der Waals surface area contributed by atoms with Crippen LogP contribution < -0.4 is 10.6 Å². The van der Waals surface area contributed by atoms with Gasteiger partial charge in [0.25, 0.3) is 5.91 Å². The van der Waals surface area contributed by atoms with Crippen LogP contribution in [-0.4, -0.2) is 44.3 Å². The number of carbonyl (C=O) groups is 2. The van der Waals surface area contributed by atoms with Gasteiger partial charge in [-0.05, 0) is 18.6 Å². The van der Waals surface area contributed by atoms with E-state index in [1.807, 2.05) is 36.4 Å². The van der Waals surface area contributed by atoms with Crippen molar-refractivity contribution in [1.29, 1.82) is 0 Å². The van der Waals surface area contributed by atoms with Crippen molar-refractivity contribution in [2.75, 3.05) is 31.2 Å². The van der Waals surface area contributed by atoms with Gasteiger partial charge in [0.05, 0.1) is 18.2 Å². The number of hydrogen-bond acceptors (Lipinski definition) is 6. The number of primary amides is 1. The summed E-state index contributed by atoms with van der Waals surface area (Å²) in [5, 5.41) is 1.01. The van der Waals surface area contributed by atoms with Crippen LogP contribution in [0.3, 0.4) is 0 Å². The van der Waals surface area contributed by atoms with E-state index in [0.29, 0.717) is 18.1 Å². The van der Waals surface area contributed by atoms with Gasteiger partial charge >= 0.3 is 5.97 Å². The van der Waals surface area contributed by atoms with Gasteiger partial charge in [-0.1, -0.05) is 30.3 Å². The molecule has 1 aliphatic rings. The van der Waals surface area contributed by atoms with Crippen LogP contribution in [-0.2, 0) is 14.3 Å². The minimum absolute atomic E-state index is 0.452. The van der Waals surface area contributed by atoms with Crippen LogP contribution in [0, 0.1) is 0 Å². The molecule has 0 saturated carbocycles. The van der Waals surface area contributed by atoms with Gasteiger partial charge in [-0.3, -0.25) is 4.79 Å². The van der Waals surface area contributed by atoms with E-state index in [1.165, 1.54) is 18.3 Å². The Balaban J connectivity index is 1.94. The number of esters is 1. The van der Waals surface area contributed by atoms with E-state index in [4.69, 9.17) is 15.2 Å². The van der Waals surface area contributed by atoms with Crippen LogP contribution in [0.1, 0.15) is 16.6 Å². The third kappa shape index (κ3) is 4.00. The summed E-state index contributed by atoms with van der Waals surface area (Å²) < 4.78 is 10.6. The molecule has 6 nitrogen and oxygen atoms in total. The molecule has 1 aliphatic heterocycles. The topological polar surface area (TPSA) is 81.9 Å². The lowest BCUT2D eigenvalue weighted by Crippen LogP contribution is -2.35. The molecule has 0 radical (unpaired) electrons. The van der Waals surface area contributed by atoms with E-state index in [1.54, 1.807) is 0 Å². The minimum atomic E-state index is -0.957. The SMILES string of the molecule is C[C@@H](OC(=O)c1cc(-c2ccccc2)c(N2CCOCC2)s1)C(N)=O. The highest BCUT2D eigenvalue weighted by Gasteiger charge is 2.24. The third-order valence-corrected chi connectivity index (χ3v) is 5.16. The lowest BCUT2D eigenvalue weighted by atomic mass is 10.1. The highest BCUT2D eigenvalue weighted by molar-refractivity contribution is 7.18. The van der Waals surface area contributed by atoms with Crippen LogP contribution in [0.5, 0.6) is 0 Å². The highest BCUT2D eigenvalue weighted by atomic mass is 32.1. The molecule has 1 atom stereocenters. The van der Waals surface area contributed by atoms with Gasteiger partial charge in [0.2, 0.25) is 0 Å². The van der Waals surface area contributed by atoms with E-state index >= 15 is 0 Å². The van der Waals surface area contributed by atoms with Gasteiger partial charge in [0, 0.05) is 18.7 Å². The summed E-state index contributed by atoms with van der Waals surface area (Å²) in [4.78, 5) is 26.2. The molecule has 25 heavy (non-hydrogen) atoms. The Bertz CT molecular complexity index is 754. The zero-order valence-electron chi connectivity index (χ0n) is 13.9. The molecule has 0 aliphatic carbocycles. The zero-order valence-corrected chi connectivity index (χ0v) is 14.8. The Labute approximate surface area is 150 Å². The number of morpholine rings is 1. The van der Waals surface area contributed by atoms with E-state index in [2.05, 4.69) is 4.90 Å². The molecule has 1 saturated heterocycles. The molecule has 1 aromatic carbocycles. The lowest BCUT2D eigenvalue weighted by molar-refractivity contribution is -0.125. The Morgan fingerprint density at radius 2 is 1.92 bits per heavy atom. The molecular formula is C18H20N2O4S. The number of anilines is 1. The second-order valence-corrected chi connectivity index (χ2v) is 6.78. The maximum Gasteiger partial charge on any atom is 0.349 e. The quantitative estimate of drug-likeness (QED) is 0.827. The Morgan fingerprint density at radius 3 is 2.56 bits per heavy atom. The first-order valence-electron chi connectivity index (χ1n) is 8.08. The number of ether oxygens (including phenoxy) is 2. The summed E-state index contributed by atoms with van der Waals surface area (Å²) in [5.74, 6) is -1.20. The molecule has 1 aromatic heterocycles. The number of carbonyl (C=O) groups excluding carboxylic acids is 2. The molecule has 1 amide bonds. The first-order valence-corrected chi connectivity index (χ1v) is 8.90. The van der Waals surface area contributed by atoms with Crippen molar-refractivity contribution >= 4 is 28.2 Å². The standard InChI is InChI=1S/C18H20N2O4S/c1-12(16(19)21)24-18(22)15-11-14(13-5-3-2-4-6-13)17(25-15)20-7-9-23-10-8-20/h2-6,11-12H,7-10H2,1H3,(H2,19,21)/t12-/m1/s1. The molecule has 7 heteroatoms. The predicted octanol–water partition coefficient (Wildman–Crippen LogP) is 2.28. The average molecular weight is 360 g/mol. The van der Waals surface area contributed by atoms with Crippen molar-refractivity contribution in [3.05, 3.63) is 41.3 Å². The maximum absolute atomic E-state index is 12.4. The summed E-state index contributed by atoms with van der Waals surface area (Å²) in [6.07, 6.45) is -0.957. The van der Waals surface area contributed by atoms with Crippen LogP contribution in [0.15, 0.2) is 36.4 Å². The highest BCUT2D eigenvalue weighted by Crippen LogP contribution is 2.39. The van der Waals surface area contributed by atoms with Gasteiger partial charge in [-0.2, -0.15) is 0 Å². The minimum Gasteiger partial charge on any atom is -0.448 e. The largest absolute Gasteiger partial charge is 0.448 e. The number of rotatable bonds is 5. The van der Waals surface area contributed by atoms with Crippen LogP contribution in [0.4, 0.5) is 5.00 Å². The number of nitrogens with two attached hydrogens (primary N) is 1. The molecule has 0 spiro atoms. The van der Waals surface area contributed by atoms with Crippen molar-refractivity contribution in [3.63, 3.8) is 0 Å². The molecule has 2 aromatic rings. The van der Waals surface area contributed by atoms with Crippen LogP contribution in [0.25, 0.3) is 11.1 Å². The van der Waals surface area contributed by atoms with Gasteiger partial charge in [-0.25, -0.2) is 4.79 Å². The van der Waals surface area contributed by atoms with E-state index in [0.717, 1.165) is 29.2 Å². The third-order valence-electron chi connectivity index (χ3n) is 3.98. The van der Waals surface area contributed by atoms with Gasteiger partial charge in [0.1, 0.15) is 4.88 Å². The summed E-state index contributed by atoms with van der Waals surface area (Å²) in [6, 6.07) is 11.7. The molecule has 3 rings (SSSR count). The zero-order chi connectivity index (χ0) is 17.8. The summed E-state index contributed by atoms with van der Waals surface area (Å²) in [7, 11) is 0. The molecule has 0 unspecified atom stereocenters. The number of hydrogen-bond donors (Lipinski definition) is 1. The predicted molar refractivity (Wildman–Crippen MR) is 96.9 cm³/mol. The smallest absolute Gasteiger partial charge is 0.349 e. The normalized spacial score (nSPS) is 15.6. The van der Waals surface area contributed by atoms with E-state index in [-0.39, 0.29) is 0 Å². The number of nitrogens with zero attached hydrogens (tertiary/aromatic N) is 1. The fraction of sp³-hybridized carbons (Fsp3) is 0.333. The van der Waals surface area contributed by atoms with Crippen molar-refractivity contribution in [2.45, 2.75) is 13.0 Å². The summed E-state index contributed by atoms with van der Waals surface area (Å²) in [6.45, 7) is 4.32. The van der Waals surface area contributed by atoms with Gasteiger partial charge < -0.3 is 20.1 Å². The van der Waals surface area contributed by atoms with E-state index in [9.17, 15) is 9.59 Å². The fourth-order valence-electron chi connectivity index (χ4n) is 2.58. The Kier molecular flexibility index (Phi) is 5.35. The van der Waals surface area contributed by atoms with Crippen LogP contribution in [0.2, 0.25) is 0 Å². The summed E-state index contributed by atoms with van der Waals surface area (Å²) >= 11 is 1.37. The monoisotopic (exact) mass is 360 g/mol. The van der Waals surface area contributed by atoms with Crippen molar-refractivity contribution in [1.82, 2.24) is 0 Å². The molecule has 132 valence electrons. The Hall–Kier alpha value is -2.38. The first-order chi connectivity index (χ1) is 12.1. The first kappa shape index (κ1) is 17.4. The van der Waals surface area contributed by atoms with Crippen molar-refractivity contribution < 1.29 is 19.1 Å². The molecule has 1 fully saturated rings. The number of thiophene rings is 1. The van der Waals surface area contributed by atoms with Gasteiger partial charge in [0.15, 0.2) is 6.10 Å². The second kappa shape index (κ2) is 7.67. The molecule has 2 heterocycles. The molecule has 2 N–H and O–H groups in total. The number of benzene rings is 1. The molecule has 0 bridgehead atoms. The maximum atomic E-state index is 12.4. The molecular weight excluding hydrogens is 340 g/mol. The van der Waals surface area contributed by atoms with Crippen molar-refractivity contribution in [2.24, 2.45) is 5.73 Å². The Morgan fingerprint density at radius 1 is 1.24 bits per heavy atom. The van der Waals surface area contributed by atoms with Gasteiger partial charge in [-0.15, -0.1) is 11.3 Å². The van der Waals surface area contributed by atoms with E-state index < -0.39 is 18.0 Å². The second-order valence-electron chi connectivity index (χ2n) is 5.74. The summed E-state index contributed by atoms with van der Waals surface area (Å²) in [5.41, 5.74) is 7.18. The fourth-order valence-corrected chi connectivity index (χ4v) is 3.70. The van der Waals surface area contributed by atoms with Crippen molar-refractivity contribution in [3.8, 4) is 11.1 Å².